The lowest BCUT2D eigenvalue weighted by molar-refractivity contribution is -0.125. The molecule has 2 heterocycles. The molecule has 4 amide bonds. The average molecular weight is 623 g/mol. The summed E-state index contributed by atoms with van der Waals surface area (Å²) in [6.45, 7) is -0.0916. The molecule has 0 bridgehead atoms. The molecule has 0 aromatic heterocycles. The summed E-state index contributed by atoms with van der Waals surface area (Å²) in [4.78, 5) is 54.9. The quantitative estimate of drug-likeness (QED) is 0.375. The van der Waals surface area contributed by atoms with Gasteiger partial charge in [0.05, 0.1) is 23.1 Å². The van der Waals surface area contributed by atoms with Crippen molar-refractivity contribution in [3.8, 4) is 0 Å². The fraction of sp³-hybridized carbons (Fsp3) is 0.130. The molecule has 2 saturated heterocycles. The van der Waals surface area contributed by atoms with Crippen molar-refractivity contribution < 1.29 is 19.2 Å². The summed E-state index contributed by atoms with van der Waals surface area (Å²) in [5, 5.41) is -0.797. The number of rotatable bonds is 6. The molecular formula is C23H17Br2N3O4S2. The minimum absolute atomic E-state index is 0.0458. The predicted molar refractivity (Wildman–Crippen MR) is 141 cm³/mol. The van der Waals surface area contributed by atoms with Gasteiger partial charge in [-0.2, -0.15) is 0 Å². The number of thioether (sulfide) groups is 2. The molecule has 4 rings (SSSR count). The van der Waals surface area contributed by atoms with Gasteiger partial charge in [0, 0.05) is 8.95 Å². The number of carbonyl (C=O) groups is 4. The molecule has 2 aliphatic heterocycles. The van der Waals surface area contributed by atoms with Crippen molar-refractivity contribution in [2.45, 2.75) is 0 Å². The number of halogens is 2. The van der Waals surface area contributed by atoms with E-state index in [0.717, 1.165) is 53.4 Å². The summed E-state index contributed by atoms with van der Waals surface area (Å²) < 4.78 is 1.83. The Labute approximate surface area is 221 Å². The second-order valence-electron chi connectivity index (χ2n) is 7.46. The van der Waals surface area contributed by atoms with E-state index in [0.29, 0.717) is 9.81 Å². The molecule has 2 aliphatic rings. The fourth-order valence-electron chi connectivity index (χ4n) is 3.19. The molecule has 2 aromatic carbocycles. The molecule has 0 spiro atoms. The Morgan fingerprint density at radius 2 is 1.06 bits per heavy atom. The summed E-state index contributed by atoms with van der Waals surface area (Å²) in [6.07, 6.45) is 3.33. The molecule has 0 atom stereocenters. The van der Waals surface area contributed by atoms with Gasteiger partial charge in [-0.05, 0) is 78.1 Å². The first-order valence-corrected chi connectivity index (χ1v) is 13.1. The number of hydrogen-bond acceptors (Lipinski definition) is 7. The summed E-state index contributed by atoms with van der Waals surface area (Å²) >= 11 is 8.46. The average Bonchev–Trinajstić information content (AvgIpc) is 3.21. The van der Waals surface area contributed by atoms with Crippen LogP contribution in [0.4, 0.5) is 9.59 Å². The second kappa shape index (κ2) is 10.6. The lowest BCUT2D eigenvalue weighted by Gasteiger charge is -2.25. The van der Waals surface area contributed by atoms with Crippen LogP contribution >= 0.6 is 55.4 Å². The van der Waals surface area contributed by atoms with Crippen LogP contribution < -0.4 is 0 Å². The zero-order chi connectivity index (χ0) is 24.4. The lowest BCUT2D eigenvalue weighted by atomic mass is 10.2. The molecule has 2 fully saturated rings. The van der Waals surface area contributed by atoms with E-state index in [-0.39, 0.29) is 13.3 Å². The molecule has 0 aliphatic carbocycles. The minimum atomic E-state index is -0.408. The van der Waals surface area contributed by atoms with Crippen molar-refractivity contribution in [3.63, 3.8) is 0 Å². The molecule has 0 N–H and O–H groups in total. The van der Waals surface area contributed by atoms with Gasteiger partial charge in [-0.3, -0.25) is 33.9 Å². The highest BCUT2D eigenvalue weighted by Crippen LogP contribution is 2.34. The molecule has 34 heavy (non-hydrogen) atoms. The number of benzene rings is 2. The number of carbonyl (C=O) groups excluding carboxylic acids is 4. The van der Waals surface area contributed by atoms with Crippen LogP contribution in [0.25, 0.3) is 12.2 Å². The molecule has 0 radical (unpaired) electrons. The van der Waals surface area contributed by atoms with Crippen molar-refractivity contribution in [2.75, 3.05) is 20.4 Å². The van der Waals surface area contributed by atoms with Gasteiger partial charge < -0.3 is 0 Å². The zero-order valence-corrected chi connectivity index (χ0v) is 22.5. The van der Waals surface area contributed by atoms with E-state index in [1.54, 1.807) is 24.1 Å². The van der Waals surface area contributed by atoms with Gasteiger partial charge >= 0.3 is 0 Å². The highest BCUT2D eigenvalue weighted by atomic mass is 79.9. The molecular weight excluding hydrogens is 606 g/mol. The highest BCUT2D eigenvalue weighted by Gasteiger charge is 2.38. The van der Waals surface area contributed by atoms with Crippen molar-refractivity contribution >= 4 is 89.8 Å². The van der Waals surface area contributed by atoms with Crippen LogP contribution in [0.3, 0.4) is 0 Å². The third-order valence-corrected chi connectivity index (χ3v) is 7.72. The second-order valence-corrected chi connectivity index (χ2v) is 11.3. The van der Waals surface area contributed by atoms with Crippen LogP contribution in [0.1, 0.15) is 11.1 Å². The monoisotopic (exact) mass is 621 g/mol. The standard InChI is InChI=1S/C23H17Br2N3O4S2/c1-26(12-27-20(29)18(33-22(27)31)10-14-2-6-16(24)7-3-14)13-28-21(30)19(34-23(28)32)11-15-4-8-17(25)9-5-15/h2-11H,12-13H2,1H3/b18-10+,19-11+. The summed E-state index contributed by atoms with van der Waals surface area (Å²) in [7, 11) is 1.64. The van der Waals surface area contributed by atoms with Gasteiger partial charge in [0.15, 0.2) is 0 Å². The predicted octanol–water partition coefficient (Wildman–Crippen LogP) is 5.83. The Balaban J connectivity index is 1.40. The first-order valence-electron chi connectivity index (χ1n) is 9.91. The van der Waals surface area contributed by atoms with Crippen LogP contribution in [0, 0.1) is 0 Å². The molecule has 0 unspecified atom stereocenters. The van der Waals surface area contributed by atoms with Gasteiger partial charge in [-0.25, -0.2) is 0 Å². The van der Waals surface area contributed by atoms with Gasteiger partial charge in [0.2, 0.25) is 0 Å². The van der Waals surface area contributed by atoms with E-state index < -0.39 is 22.3 Å². The molecule has 174 valence electrons. The fourth-order valence-corrected chi connectivity index (χ4v) is 5.38. The van der Waals surface area contributed by atoms with Crippen molar-refractivity contribution in [1.82, 2.24) is 14.7 Å². The Kier molecular flexibility index (Phi) is 7.78. The van der Waals surface area contributed by atoms with E-state index in [1.165, 1.54) is 0 Å². The largest absolute Gasteiger partial charge is 0.294 e. The van der Waals surface area contributed by atoms with Crippen molar-refractivity contribution in [2.24, 2.45) is 0 Å². The molecule has 2 aromatic rings. The molecule has 7 nitrogen and oxygen atoms in total. The topological polar surface area (TPSA) is 78.0 Å². The summed E-state index contributed by atoms with van der Waals surface area (Å²) in [5.74, 6) is -0.817. The van der Waals surface area contributed by atoms with Crippen LogP contribution in [0.2, 0.25) is 0 Å². The smallest absolute Gasteiger partial charge is 0.270 e. The van der Waals surface area contributed by atoms with E-state index in [1.807, 2.05) is 48.5 Å². The third kappa shape index (κ3) is 5.72. The zero-order valence-electron chi connectivity index (χ0n) is 17.7. The third-order valence-electron chi connectivity index (χ3n) is 4.85. The number of imide groups is 2. The first-order chi connectivity index (χ1) is 16.2. The van der Waals surface area contributed by atoms with Crippen molar-refractivity contribution in [3.05, 3.63) is 78.4 Å². The summed E-state index contributed by atoms with van der Waals surface area (Å²) in [6, 6.07) is 14.8. The van der Waals surface area contributed by atoms with E-state index in [4.69, 9.17) is 0 Å². The Morgan fingerprint density at radius 1 is 0.706 bits per heavy atom. The Hall–Kier alpha value is -2.18. The van der Waals surface area contributed by atoms with Crippen LogP contribution in [-0.4, -0.2) is 57.4 Å². The Morgan fingerprint density at radius 3 is 1.41 bits per heavy atom. The molecule has 11 heteroatoms. The van der Waals surface area contributed by atoms with Crippen LogP contribution in [0.5, 0.6) is 0 Å². The normalized spacial score (nSPS) is 18.9. The SMILES string of the molecule is CN(CN1C(=O)S/C(=C/c2ccc(Br)cc2)C1=O)CN1C(=O)S/C(=C/c2ccc(Br)cc2)C1=O. The Bertz CT molecular complexity index is 1130. The number of nitrogens with zero attached hydrogens (tertiary/aromatic N) is 3. The van der Waals surface area contributed by atoms with Gasteiger partial charge in [0.1, 0.15) is 0 Å². The van der Waals surface area contributed by atoms with Gasteiger partial charge in [0.25, 0.3) is 22.3 Å². The first kappa shape index (κ1) is 24.9. The van der Waals surface area contributed by atoms with E-state index >= 15 is 0 Å². The molecule has 0 saturated carbocycles. The maximum Gasteiger partial charge on any atom is 0.294 e. The summed E-state index contributed by atoms with van der Waals surface area (Å²) in [5.41, 5.74) is 1.61. The maximum atomic E-state index is 12.8. The van der Waals surface area contributed by atoms with E-state index in [9.17, 15) is 19.2 Å². The van der Waals surface area contributed by atoms with Crippen LogP contribution in [-0.2, 0) is 9.59 Å². The van der Waals surface area contributed by atoms with Crippen molar-refractivity contribution in [1.29, 1.82) is 0 Å². The minimum Gasteiger partial charge on any atom is -0.270 e. The van der Waals surface area contributed by atoms with E-state index in [2.05, 4.69) is 31.9 Å². The highest BCUT2D eigenvalue weighted by molar-refractivity contribution is 9.10. The number of amides is 4. The van der Waals surface area contributed by atoms with Crippen LogP contribution in [0.15, 0.2) is 67.3 Å². The van der Waals surface area contributed by atoms with Gasteiger partial charge in [-0.15, -0.1) is 0 Å². The van der Waals surface area contributed by atoms with Gasteiger partial charge in [-0.1, -0.05) is 56.1 Å². The lowest BCUT2D eigenvalue weighted by Crippen LogP contribution is -2.45. The maximum absolute atomic E-state index is 12.8. The number of hydrogen-bond donors (Lipinski definition) is 0.